The molecule has 0 bridgehead atoms. The molecule has 32 heavy (non-hydrogen) atoms. The summed E-state index contributed by atoms with van der Waals surface area (Å²) < 4.78 is 11.4. The summed E-state index contributed by atoms with van der Waals surface area (Å²) in [5, 5.41) is 3.07. The van der Waals surface area contributed by atoms with Gasteiger partial charge in [-0.3, -0.25) is 14.7 Å². The van der Waals surface area contributed by atoms with Gasteiger partial charge in [0.1, 0.15) is 6.61 Å². The molecular formula is C26H29N3O3. The number of rotatable bonds is 8. The summed E-state index contributed by atoms with van der Waals surface area (Å²) in [7, 11) is 1.61. The summed E-state index contributed by atoms with van der Waals surface area (Å²) >= 11 is 0. The van der Waals surface area contributed by atoms with Crippen molar-refractivity contribution < 1.29 is 14.3 Å². The van der Waals surface area contributed by atoms with Crippen molar-refractivity contribution in [1.82, 2.24) is 9.88 Å². The van der Waals surface area contributed by atoms with E-state index >= 15 is 0 Å². The zero-order chi connectivity index (χ0) is 22.2. The van der Waals surface area contributed by atoms with Crippen LogP contribution < -0.4 is 14.8 Å². The van der Waals surface area contributed by atoms with Crippen LogP contribution in [-0.2, 0) is 17.9 Å². The van der Waals surface area contributed by atoms with Crippen molar-refractivity contribution in [3.63, 3.8) is 0 Å². The molecule has 4 rings (SSSR count). The molecule has 1 N–H and O–H groups in total. The molecule has 1 amide bonds. The third kappa shape index (κ3) is 5.86. The lowest BCUT2D eigenvalue weighted by Gasteiger charge is -2.32. The van der Waals surface area contributed by atoms with Crippen LogP contribution >= 0.6 is 0 Å². The Morgan fingerprint density at radius 1 is 1.09 bits per heavy atom. The van der Waals surface area contributed by atoms with E-state index in [1.165, 1.54) is 5.56 Å². The highest BCUT2D eigenvalue weighted by atomic mass is 16.5. The lowest BCUT2D eigenvalue weighted by molar-refractivity contribution is -0.121. The molecule has 6 nitrogen and oxygen atoms in total. The van der Waals surface area contributed by atoms with Crippen molar-refractivity contribution in [2.75, 3.05) is 25.5 Å². The van der Waals surface area contributed by atoms with Crippen molar-refractivity contribution in [2.45, 2.75) is 26.0 Å². The molecule has 1 fully saturated rings. The molecule has 0 saturated carbocycles. The van der Waals surface area contributed by atoms with E-state index < -0.39 is 0 Å². The van der Waals surface area contributed by atoms with Crippen LogP contribution in [0.5, 0.6) is 11.5 Å². The fourth-order valence-electron chi connectivity index (χ4n) is 4.01. The standard InChI is InChI=1S/C26H29N3O3/c1-31-24-12-11-23(15-25(24)32-19-21-9-5-13-27-16-21)28-26(30)22-10-6-14-29(18-22)17-20-7-3-2-4-8-20/h2-5,7-9,11-13,15-16,22H,6,10,14,17-19H2,1H3,(H,28,30). The predicted octanol–water partition coefficient (Wildman–Crippen LogP) is 4.52. The number of aromatic nitrogens is 1. The number of nitrogens with zero attached hydrogens (tertiary/aromatic N) is 2. The molecule has 2 heterocycles. The van der Waals surface area contributed by atoms with Crippen molar-refractivity contribution in [1.29, 1.82) is 0 Å². The van der Waals surface area contributed by atoms with Crippen molar-refractivity contribution in [2.24, 2.45) is 5.92 Å². The minimum absolute atomic E-state index is 0.0330. The first-order chi connectivity index (χ1) is 15.7. The summed E-state index contributed by atoms with van der Waals surface area (Å²) in [6, 6.07) is 19.7. The SMILES string of the molecule is COc1ccc(NC(=O)C2CCCN(Cc3ccccc3)C2)cc1OCc1cccnc1. The lowest BCUT2D eigenvalue weighted by atomic mass is 9.96. The van der Waals surface area contributed by atoms with Gasteiger partial charge in [-0.2, -0.15) is 0 Å². The number of amides is 1. The average Bonchev–Trinajstić information content (AvgIpc) is 2.84. The van der Waals surface area contributed by atoms with Crippen LogP contribution in [0.4, 0.5) is 5.69 Å². The van der Waals surface area contributed by atoms with E-state index in [4.69, 9.17) is 9.47 Å². The average molecular weight is 432 g/mol. The zero-order valence-electron chi connectivity index (χ0n) is 18.4. The molecule has 1 saturated heterocycles. The van der Waals surface area contributed by atoms with Gasteiger partial charge in [-0.15, -0.1) is 0 Å². The smallest absolute Gasteiger partial charge is 0.228 e. The largest absolute Gasteiger partial charge is 0.493 e. The molecule has 3 aromatic rings. The molecule has 1 aromatic heterocycles. The fourth-order valence-corrected chi connectivity index (χ4v) is 4.01. The molecule has 1 atom stereocenters. The second-order valence-electron chi connectivity index (χ2n) is 8.06. The molecule has 0 aliphatic carbocycles. The number of carbonyl (C=O) groups is 1. The van der Waals surface area contributed by atoms with Crippen LogP contribution in [0.3, 0.4) is 0 Å². The fraction of sp³-hybridized carbons (Fsp3) is 0.308. The Balaban J connectivity index is 1.37. The predicted molar refractivity (Wildman–Crippen MR) is 125 cm³/mol. The topological polar surface area (TPSA) is 63.7 Å². The minimum Gasteiger partial charge on any atom is -0.493 e. The Morgan fingerprint density at radius 3 is 2.72 bits per heavy atom. The molecule has 1 unspecified atom stereocenters. The highest BCUT2D eigenvalue weighted by Gasteiger charge is 2.26. The molecule has 1 aliphatic rings. The van der Waals surface area contributed by atoms with Crippen LogP contribution in [-0.4, -0.2) is 36.0 Å². The molecule has 0 spiro atoms. The Kier molecular flexibility index (Phi) is 7.35. The normalized spacial score (nSPS) is 16.3. The maximum atomic E-state index is 13.0. The van der Waals surface area contributed by atoms with Gasteiger partial charge < -0.3 is 14.8 Å². The van der Waals surface area contributed by atoms with Gasteiger partial charge in [-0.05, 0) is 43.1 Å². The van der Waals surface area contributed by atoms with E-state index in [1.807, 2.05) is 36.4 Å². The van der Waals surface area contributed by atoms with E-state index in [0.717, 1.165) is 38.0 Å². The maximum Gasteiger partial charge on any atom is 0.228 e. The van der Waals surface area contributed by atoms with Crippen LogP contribution in [0, 0.1) is 5.92 Å². The molecule has 6 heteroatoms. The molecule has 2 aromatic carbocycles. The van der Waals surface area contributed by atoms with E-state index in [9.17, 15) is 4.79 Å². The van der Waals surface area contributed by atoms with Crippen LogP contribution in [0.15, 0.2) is 73.1 Å². The van der Waals surface area contributed by atoms with Gasteiger partial charge in [0.2, 0.25) is 5.91 Å². The highest BCUT2D eigenvalue weighted by molar-refractivity contribution is 5.93. The highest BCUT2D eigenvalue weighted by Crippen LogP contribution is 2.31. The van der Waals surface area contributed by atoms with Gasteiger partial charge in [0, 0.05) is 42.8 Å². The molecule has 0 radical (unpaired) electrons. The Hall–Kier alpha value is -3.38. The summed E-state index contributed by atoms with van der Waals surface area (Å²) in [4.78, 5) is 19.5. The Bertz CT molecular complexity index is 1010. The van der Waals surface area contributed by atoms with Gasteiger partial charge in [-0.1, -0.05) is 36.4 Å². The first-order valence-corrected chi connectivity index (χ1v) is 11.0. The third-order valence-corrected chi connectivity index (χ3v) is 5.67. The van der Waals surface area contributed by atoms with Crippen LogP contribution in [0.1, 0.15) is 24.0 Å². The summed E-state index contributed by atoms with van der Waals surface area (Å²) in [6.45, 7) is 3.03. The third-order valence-electron chi connectivity index (χ3n) is 5.67. The Morgan fingerprint density at radius 2 is 1.94 bits per heavy atom. The van der Waals surface area contributed by atoms with Gasteiger partial charge in [-0.25, -0.2) is 0 Å². The first kappa shape index (κ1) is 21.8. The van der Waals surface area contributed by atoms with Crippen LogP contribution in [0.25, 0.3) is 0 Å². The monoisotopic (exact) mass is 431 g/mol. The quantitative estimate of drug-likeness (QED) is 0.568. The molecule has 1 aliphatic heterocycles. The van der Waals surface area contributed by atoms with Crippen LogP contribution in [0.2, 0.25) is 0 Å². The van der Waals surface area contributed by atoms with Gasteiger partial charge in [0.05, 0.1) is 13.0 Å². The van der Waals surface area contributed by atoms with E-state index in [2.05, 4.69) is 39.5 Å². The van der Waals surface area contributed by atoms with Gasteiger partial charge >= 0.3 is 0 Å². The number of piperidine rings is 1. The van der Waals surface area contributed by atoms with Crippen molar-refractivity contribution in [3.05, 3.63) is 84.2 Å². The molecular weight excluding hydrogens is 402 g/mol. The number of hydrogen-bond acceptors (Lipinski definition) is 5. The number of methoxy groups -OCH3 is 1. The number of likely N-dealkylation sites (tertiary alicyclic amines) is 1. The maximum absolute atomic E-state index is 13.0. The number of anilines is 1. The summed E-state index contributed by atoms with van der Waals surface area (Å²) in [6.07, 6.45) is 5.42. The summed E-state index contributed by atoms with van der Waals surface area (Å²) in [5.41, 5.74) is 2.95. The minimum atomic E-state index is -0.0330. The second-order valence-corrected chi connectivity index (χ2v) is 8.06. The van der Waals surface area contributed by atoms with E-state index in [1.54, 1.807) is 19.5 Å². The number of carbonyl (C=O) groups excluding carboxylic acids is 1. The number of benzene rings is 2. The number of hydrogen-bond donors (Lipinski definition) is 1. The number of ether oxygens (including phenoxy) is 2. The molecule has 166 valence electrons. The second kappa shape index (κ2) is 10.8. The lowest BCUT2D eigenvalue weighted by Crippen LogP contribution is -2.40. The Labute approximate surface area is 189 Å². The first-order valence-electron chi connectivity index (χ1n) is 11.0. The van der Waals surface area contributed by atoms with E-state index in [-0.39, 0.29) is 11.8 Å². The van der Waals surface area contributed by atoms with Crippen molar-refractivity contribution in [3.8, 4) is 11.5 Å². The van der Waals surface area contributed by atoms with Crippen molar-refractivity contribution >= 4 is 11.6 Å². The number of nitrogens with one attached hydrogen (secondary N) is 1. The summed E-state index contributed by atoms with van der Waals surface area (Å²) in [5.74, 6) is 1.22. The van der Waals surface area contributed by atoms with Gasteiger partial charge in [0.25, 0.3) is 0 Å². The van der Waals surface area contributed by atoms with E-state index in [0.29, 0.717) is 23.8 Å². The zero-order valence-corrected chi connectivity index (χ0v) is 18.4. The number of pyridine rings is 1. The van der Waals surface area contributed by atoms with Gasteiger partial charge in [0.15, 0.2) is 11.5 Å².